The minimum Gasteiger partial charge on any atom is -0.312 e. The fourth-order valence-electron chi connectivity index (χ4n) is 2.55. The smallest absolute Gasteiger partial charge is 0.277 e. The van der Waals surface area contributed by atoms with E-state index in [1.54, 1.807) is 6.07 Å². The number of carbonyl (C=O) groups is 1. The molecule has 0 unspecified atom stereocenters. The molecule has 0 atom stereocenters. The number of rotatable bonds is 9. The number of benzene rings is 1. The van der Waals surface area contributed by atoms with Crippen LogP contribution in [0.15, 0.2) is 30.9 Å². The molecule has 0 saturated carbocycles. The number of carbonyl (C=O) groups excluding carboxylic acids is 1. The zero-order valence-electron chi connectivity index (χ0n) is 13.3. The van der Waals surface area contributed by atoms with E-state index >= 15 is 0 Å². The molecule has 3 N–H and O–H groups in total. The summed E-state index contributed by atoms with van der Waals surface area (Å²) < 4.78 is 13.8. The zero-order chi connectivity index (χ0) is 16.6. The quantitative estimate of drug-likeness (QED) is 0.372. The van der Waals surface area contributed by atoms with Crippen LogP contribution in [0.25, 0.3) is 0 Å². The van der Waals surface area contributed by atoms with Gasteiger partial charge in [-0.3, -0.25) is 10.0 Å². The molecule has 1 amide bonds. The monoisotopic (exact) mass is 308 g/mol. The van der Waals surface area contributed by atoms with E-state index in [4.69, 9.17) is 5.21 Å². The molecule has 0 spiro atoms. The first kappa shape index (κ1) is 18.3. The van der Waals surface area contributed by atoms with E-state index in [0.717, 1.165) is 31.4 Å². The Labute approximate surface area is 131 Å². The number of nitrogens with one attached hydrogen (secondary N) is 2. The highest BCUT2D eigenvalue weighted by molar-refractivity contribution is 5.93. The Morgan fingerprint density at radius 2 is 2.09 bits per heavy atom. The second-order valence-electron chi connectivity index (χ2n) is 5.56. The van der Waals surface area contributed by atoms with Crippen LogP contribution in [0.5, 0.6) is 0 Å². The van der Waals surface area contributed by atoms with Crippen molar-refractivity contribution >= 4 is 5.91 Å². The predicted molar refractivity (Wildman–Crippen MR) is 85.2 cm³/mol. The molecule has 0 bridgehead atoms. The summed E-state index contributed by atoms with van der Waals surface area (Å²) in [5.74, 6) is -1.49. The maximum Gasteiger partial charge on any atom is 0.277 e. The second kappa shape index (κ2) is 8.66. The third-order valence-electron chi connectivity index (χ3n) is 4.29. The van der Waals surface area contributed by atoms with Crippen molar-refractivity contribution in [2.24, 2.45) is 5.41 Å². The van der Waals surface area contributed by atoms with Crippen molar-refractivity contribution in [1.82, 2.24) is 10.8 Å². The molecule has 5 heteroatoms. The van der Waals surface area contributed by atoms with Crippen LogP contribution in [0.2, 0.25) is 0 Å². The van der Waals surface area contributed by atoms with Gasteiger partial charge in [0.05, 0.1) is 5.56 Å². The Morgan fingerprint density at radius 1 is 1.41 bits per heavy atom. The van der Waals surface area contributed by atoms with E-state index in [-0.39, 0.29) is 11.0 Å². The lowest BCUT2D eigenvalue weighted by molar-refractivity contribution is 0.0702. The van der Waals surface area contributed by atoms with Gasteiger partial charge in [-0.2, -0.15) is 0 Å². The first-order valence-electron chi connectivity index (χ1n) is 7.56. The van der Waals surface area contributed by atoms with E-state index in [1.807, 2.05) is 6.08 Å². The molecular weight excluding hydrogens is 283 g/mol. The van der Waals surface area contributed by atoms with Gasteiger partial charge in [0.15, 0.2) is 0 Å². The highest BCUT2D eigenvalue weighted by atomic mass is 19.1. The lowest BCUT2D eigenvalue weighted by Gasteiger charge is -2.31. The fourth-order valence-corrected chi connectivity index (χ4v) is 2.55. The summed E-state index contributed by atoms with van der Waals surface area (Å²) in [6.45, 7) is 9.50. The van der Waals surface area contributed by atoms with Crippen LogP contribution < -0.4 is 10.8 Å². The van der Waals surface area contributed by atoms with Crippen LogP contribution in [0.1, 0.15) is 49.0 Å². The molecule has 0 radical (unpaired) electrons. The van der Waals surface area contributed by atoms with Crippen molar-refractivity contribution in [3.63, 3.8) is 0 Å². The molecule has 122 valence electrons. The summed E-state index contributed by atoms with van der Waals surface area (Å²) in [5, 5.41) is 11.9. The zero-order valence-corrected chi connectivity index (χ0v) is 13.3. The van der Waals surface area contributed by atoms with Crippen molar-refractivity contribution in [3.8, 4) is 0 Å². The van der Waals surface area contributed by atoms with Gasteiger partial charge in [-0.25, -0.2) is 9.87 Å². The molecule has 0 saturated heterocycles. The molecular formula is C17H25FN2O2. The minimum absolute atomic E-state index is 0.172. The summed E-state index contributed by atoms with van der Waals surface area (Å²) >= 11 is 0. The van der Waals surface area contributed by atoms with E-state index < -0.39 is 11.7 Å². The van der Waals surface area contributed by atoms with Crippen LogP contribution in [0.4, 0.5) is 4.39 Å². The maximum atomic E-state index is 13.8. The van der Waals surface area contributed by atoms with Gasteiger partial charge >= 0.3 is 0 Å². The van der Waals surface area contributed by atoms with Crippen molar-refractivity contribution in [2.45, 2.75) is 39.7 Å². The average molecular weight is 308 g/mol. The van der Waals surface area contributed by atoms with Gasteiger partial charge in [-0.15, -0.1) is 6.58 Å². The number of hydrogen-bond donors (Lipinski definition) is 3. The molecule has 1 aromatic rings. The first-order valence-corrected chi connectivity index (χ1v) is 7.56. The maximum absolute atomic E-state index is 13.8. The molecule has 0 heterocycles. The number of halogens is 1. The summed E-state index contributed by atoms with van der Waals surface area (Å²) in [4.78, 5) is 11.2. The van der Waals surface area contributed by atoms with Crippen molar-refractivity contribution in [2.75, 3.05) is 6.54 Å². The number of hydroxylamine groups is 1. The van der Waals surface area contributed by atoms with E-state index in [0.29, 0.717) is 6.54 Å². The largest absolute Gasteiger partial charge is 0.312 e. The third-order valence-corrected chi connectivity index (χ3v) is 4.29. The average Bonchev–Trinajstić information content (AvgIpc) is 2.53. The topological polar surface area (TPSA) is 61.4 Å². The van der Waals surface area contributed by atoms with Gasteiger partial charge in [0, 0.05) is 13.1 Å². The summed E-state index contributed by atoms with van der Waals surface area (Å²) in [7, 11) is 0. The Bertz CT molecular complexity index is 513. The van der Waals surface area contributed by atoms with Crippen LogP contribution in [-0.2, 0) is 6.54 Å². The van der Waals surface area contributed by atoms with E-state index in [1.165, 1.54) is 17.6 Å². The van der Waals surface area contributed by atoms with E-state index in [9.17, 15) is 9.18 Å². The van der Waals surface area contributed by atoms with Gasteiger partial charge in [0.2, 0.25) is 0 Å². The fraction of sp³-hybridized carbons (Fsp3) is 0.471. The summed E-state index contributed by atoms with van der Waals surface area (Å²) in [5.41, 5.74) is 2.19. The highest BCUT2D eigenvalue weighted by Gasteiger charge is 2.23. The van der Waals surface area contributed by atoms with Crippen LogP contribution in [0.3, 0.4) is 0 Å². The third kappa shape index (κ3) is 4.64. The predicted octanol–water partition coefficient (Wildman–Crippen LogP) is 3.42. The van der Waals surface area contributed by atoms with E-state index in [2.05, 4.69) is 25.7 Å². The molecule has 22 heavy (non-hydrogen) atoms. The van der Waals surface area contributed by atoms with Crippen molar-refractivity contribution in [3.05, 3.63) is 47.8 Å². The second-order valence-corrected chi connectivity index (χ2v) is 5.56. The Morgan fingerprint density at radius 3 is 2.59 bits per heavy atom. The number of allylic oxidation sites excluding steroid dienone is 1. The Kier molecular flexibility index (Phi) is 7.21. The molecule has 0 aliphatic heterocycles. The summed E-state index contributed by atoms with van der Waals surface area (Å²) in [6.07, 6.45) is 4.98. The molecule has 4 nitrogen and oxygen atoms in total. The lowest BCUT2D eigenvalue weighted by atomic mass is 9.79. The minimum atomic E-state index is -0.848. The van der Waals surface area contributed by atoms with Gasteiger partial charge in [-0.1, -0.05) is 26.0 Å². The van der Waals surface area contributed by atoms with Crippen LogP contribution in [-0.4, -0.2) is 17.7 Å². The van der Waals surface area contributed by atoms with Gasteiger partial charge < -0.3 is 5.32 Å². The normalized spacial score (nSPS) is 11.3. The lowest BCUT2D eigenvalue weighted by Crippen LogP contribution is -2.33. The van der Waals surface area contributed by atoms with Gasteiger partial charge in [-0.05, 0) is 42.4 Å². The molecule has 1 aromatic carbocycles. The van der Waals surface area contributed by atoms with Crippen LogP contribution >= 0.6 is 0 Å². The molecule has 1 rings (SSSR count). The molecule has 0 aliphatic carbocycles. The molecule has 0 fully saturated rings. The summed E-state index contributed by atoms with van der Waals surface area (Å²) in [6, 6.07) is 4.35. The number of amides is 1. The Hall–Kier alpha value is -1.72. The molecule has 0 aromatic heterocycles. The molecule has 0 aliphatic rings. The van der Waals surface area contributed by atoms with Gasteiger partial charge in [0.1, 0.15) is 5.82 Å². The highest BCUT2D eigenvalue weighted by Crippen LogP contribution is 2.30. The van der Waals surface area contributed by atoms with Gasteiger partial charge in [0.25, 0.3) is 5.91 Å². The van der Waals surface area contributed by atoms with Crippen molar-refractivity contribution in [1.29, 1.82) is 0 Å². The SMILES string of the molecule is C=CCC(CC)(CC)CNCc1ccc(C(=O)NO)c(F)c1. The Balaban J connectivity index is 2.67. The van der Waals surface area contributed by atoms with Crippen molar-refractivity contribution < 1.29 is 14.4 Å². The first-order chi connectivity index (χ1) is 10.5. The van der Waals surface area contributed by atoms with Crippen LogP contribution in [0, 0.1) is 11.2 Å². The standard InChI is InChI=1S/C17H25FN2O2/c1-4-9-17(5-2,6-3)12-19-11-13-7-8-14(15(18)10-13)16(21)20-22/h4,7-8,10,19,22H,1,5-6,9,11-12H2,2-3H3,(H,20,21). The number of hydrogen-bond acceptors (Lipinski definition) is 3.